The molecular formula is C20H15F3N2OS. The standard InChI is InChI=1S/C20H15F3N2OS/c1-11-8-12(21)6-7-13(11)19-14(10-26)17(9-18(25-19)27-2)24-20-15(22)4-3-5-16(20)23/h3-10H,1-2H3,(H,24,25). The minimum Gasteiger partial charge on any atom is -0.350 e. The molecule has 0 spiro atoms. The Kier molecular flexibility index (Phi) is 5.51. The molecule has 3 rings (SSSR count). The molecule has 3 nitrogen and oxygen atoms in total. The van der Waals surface area contributed by atoms with Gasteiger partial charge in [0.15, 0.2) is 6.29 Å². The van der Waals surface area contributed by atoms with Gasteiger partial charge < -0.3 is 5.32 Å². The van der Waals surface area contributed by atoms with Crippen LogP contribution < -0.4 is 5.32 Å². The van der Waals surface area contributed by atoms with Crippen LogP contribution in [0.25, 0.3) is 11.3 Å². The molecule has 0 fully saturated rings. The van der Waals surface area contributed by atoms with Gasteiger partial charge in [-0.2, -0.15) is 0 Å². The number of rotatable bonds is 5. The van der Waals surface area contributed by atoms with E-state index < -0.39 is 17.5 Å². The summed E-state index contributed by atoms with van der Waals surface area (Å²) in [4.78, 5) is 16.3. The summed E-state index contributed by atoms with van der Waals surface area (Å²) in [5, 5.41) is 3.21. The molecular weight excluding hydrogens is 373 g/mol. The van der Waals surface area contributed by atoms with Crippen LogP contribution >= 0.6 is 11.8 Å². The molecule has 0 aliphatic heterocycles. The normalized spacial score (nSPS) is 10.7. The van der Waals surface area contributed by atoms with E-state index in [2.05, 4.69) is 10.3 Å². The van der Waals surface area contributed by atoms with Crippen molar-refractivity contribution in [3.8, 4) is 11.3 Å². The number of carbonyl (C=O) groups excluding carboxylic acids is 1. The van der Waals surface area contributed by atoms with Crippen molar-refractivity contribution in [1.29, 1.82) is 0 Å². The molecule has 3 aromatic rings. The van der Waals surface area contributed by atoms with Crippen molar-refractivity contribution in [3.05, 3.63) is 71.0 Å². The highest BCUT2D eigenvalue weighted by atomic mass is 32.2. The molecule has 0 saturated heterocycles. The number of halogens is 3. The highest BCUT2D eigenvalue weighted by Crippen LogP contribution is 2.34. The van der Waals surface area contributed by atoms with Crippen LogP contribution in [0.2, 0.25) is 0 Å². The van der Waals surface area contributed by atoms with Gasteiger partial charge in [0.2, 0.25) is 0 Å². The van der Waals surface area contributed by atoms with Gasteiger partial charge in [-0.15, -0.1) is 11.8 Å². The Bertz CT molecular complexity index is 1000. The third-order valence-corrected chi connectivity index (χ3v) is 4.66. The van der Waals surface area contributed by atoms with E-state index in [0.29, 0.717) is 28.1 Å². The zero-order valence-electron chi connectivity index (χ0n) is 14.5. The average Bonchev–Trinajstić information content (AvgIpc) is 2.64. The van der Waals surface area contributed by atoms with E-state index in [9.17, 15) is 18.0 Å². The van der Waals surface area contributed by atoms with Crippen molar-refractivity contribution in [2.75, 3.05) is 11.6 Å². The van der Waals surface area contributed by atoms with Gasteiger partial charge in [0.25, 0.3) is 0 Å². The lowest BCUT2D eigenvalue weighted by Gasteiger charge is -2.16. The summed E-state index contributed by atoms with van der Waals surface area (Å²) in [5.41, 5.74) is 1.45. The third-order valence-electron chi connectivity index (χ3n) is 4.03. The summed E-state index contributed by atoms with van der Waals surface area (Å²) in [6.07, 6.45) is 2.36. The number of aldehydes is 1. The first-order chi connectivity index (χ1) is 12.9. The van der Waals surface area contributed by atoms with Crippen molar-refractivity contribution in [2.24, 2.45) is 0 Å². The van der Waals surface area contributed by atoms with E-state index in [1.165, 1.54) is 36.0 Å². The number of anilines is 2. The highest BCUT2D eigenvalue weighted by molar-refractivity contribution is 7.98. The van der Waals surface area contributed by atoms with E-state index in [0.717, 1.165) is 12.1 Å². The smallest absolute Gasteiger partial charge is 0.154 e. The average molecular weight is 388 g/mol. The predicted octanol–water partition coefficient (Wildman–Crippen LogP) is 5.75. The Morgan fingerprint density at radius 2 is 1.78 bits per heavy atom. The fourth-order valence-corrected chi connectivity index (χ4v) is 3.13. The molecule has 1 N–H and O–H groups in total. The fraction of sp³-hybridized carbons (Fsp3) is 0.100. The molecule has 0 saturated carbocycles. The van der Waals surface area contributed by atoms with Crippen LogP contribution in [-0.2, 0) is 0 Å². The van der Waals surface area contributed by atoms with Gasteiger partial charge in [-0.3, -0.25) is 4.79 Å². The van der Waals surface area contributed by atoms with Gasteiger partial charge in [-0.05, 0) is 55.1 Å². The molecule has 0 amide bonds. The second-order valence-electron chi connectivity index (χ2n) is 5.77. The summed E-state index contributed by atoms with van der Waals surface area (Å²) < 4.78 is 41.5. The molecule has 27 heavy (non-hydrogen) atoms. The van der Waals surface area contributed by atoms with Crippen LogP contribution in [0.4, 0.5) is 24.5 Å². The van der Waals surface area contributed by atoms with Gasteiger partial charge in [-0.25, -0.2) is 18.2 Å². The molecule has 0 radical (unpaired) electrons. The van der Waals surface area contributed by atoms with Gasteiger partial charge in [0.05, 0.1) is 22.0 Å². The molecule has 0 unspecified atom stereocenters. The number of carbonyl (C=O) groups is 1. The second-order valence-corrected chi connectivity index (χ2v) is 6.60. The number of aryl methyl sites for hydroxylation is 1. The number of nitrogens with one attached hydrogen (secondary N) is 1. The van der Waals surface area contributed by atoms with Crippen molar-refractivity contribution in [2.45, 2.75) is 11.9 Å². The van der Waals surface area contributed by atoms with Crippen molar-refractivity contribution >= 4 is 29.4 Å². The molecule has 0 bridgehead atoms. The Morgan fingerprint density at radius 1 is 1.07 bits per heavy atom. The second kappa shape index (κ2) is 7.84. The van der Waals surface area contributed by atoms with Crippen molar-refractivity contribution in [1.82, 2.24) is 4.98 Å². The van der Waals surface area contributed by atoms with Gasteiger partial charge in [0.1, 0.15) is 23.1 Å². The maximum Gasteiger partial charge on any atom is 0.154 e. The van der Waals surface area contributed by atoms with Crippen LogP contribution in [0, 0.1) is 24.4 Å². The van der Waals surface area contributed by atoms with Crippen LogP contribution in [-0.4, -0.2) is 17.5 Å². The van der Waals surface area contributed by atoms with Crippen molar-refractivity contribution in [3.63, 3.8) is 0 Å². The summed E-state index contributed by atoms with van der Waals surface area (Å²) in [6, 6.07) is 9.17. The number of benzene rings is 2. The molecule has 1 heterocycles. The number of hydrogen-bond donors (Lipinski definition) is 1. The van der Waals surface area contributed by atoms with Gasteiger partial charge in [-0.1, -0.05) is 6.07 Å². The zero-order chi connectivity index (χ0) is 19.6. The topological polar surface area (TPSA) is 42.0 Å². The number of hydrogen-bond acceptors (Lipinski definition) is 4. The number of pyridine rings is 1. The summed E-state index contributed by atoms with van der Waals surface area (Å²) in [7, 11) is 0. The Balaban J connectivity index is 2.21. The molecule has 0 atom stereocenters. The van der Waals surface area contributed by atoms with Crippen LogP contribution in [0.1, 0.15) is 15.9 Å². The first kappa shape index (κ1) is 19.0. The van der Waals surface area contributed by atoms with Crippen LogP contribution in [0.5, 0.6) is 0 Å². The maximum atomic E-state index is 14.0. The van der Waals surface area contributed by atoms with Gasteiger partial charge in [0, 0.05) is 5.56 Å². The summed E-state index contributed by atoms with van der Waals surface area (Å²) in [5.74, 6) is -1.97. The lowest BCUT2D eigenvalue weighted by Crippen LogP contribution is -2.04. The number of aromatic nitrogens is 1. The molecule has 1 aromatic heterocycles. The minimum absolute atomic E-state index is 0.130. The number of para-hydroxylation sites is 1. The lowest BCUT2D eigenvalue weighted by molar-refractivity contribution is 0.112. The fourth-order valence-electron chi connectivity index (χ4n) is 2.71. The molecule has 0 aliphatic carbocycles. The number of thioether (sulfide) groups is 1. The predicted molar refractivity (Wildman–Crippen MR) is 101 cm³/mol. The van der Waals surface area contributed by atoms with E-state index in [1.54, 1.807) is 19.2 Å². The first-order valence-electron chi connectivity index (χ1n) is 7.96. The van der Waals surface area contributed by atoms with Crippen LogP contribution in [0.15, 0.2) is 47.5 Å². The largest absolute Gasteiger partial charge is 0.350 e. The van der Waals surface area contributed by atoms with E-state index >= 15 is 0 Å². The lowest BCUT2D eigenvalue weighted by atomic mass is 10.0. The molecule has 7 heteroatoms. The van der Waals surface area contributed by atoms with E-state index in [1.807, 2.05) is 0 Å². The third kappa shape index (κ3) is 3.83. The maximum absolute atomic E-state index is 14.0. The SMILES string of the molecule is CSc1cc(Nc2c(F)cccc2F)c(C=O)c(-c2ccc(F)cc2C)n1. The van der Waals surface area contributed by atoms with Gasteiger partial charge >= 0.3 is 0 Å². The highest BCUT2D eigenvalue weighted by Gasteiger charge is 2.18. The molecule has 138 valence electrons. The monoisotopic (exact) mass is 388 g/mol. The number of nitrogens with zero attached hydrogens (tertiary/aromatic N) is 1. The Labute approximate surface area is 158 Å². The summed E-state index contributed by atoms with van der Waals surface area (Å²) in [6.45, 7) is 1.70. The van der Waals surface area contributed by atoms with Crippen LogP contribution in [0.3, 0.4) is 0 Å². The van der Waals surface area contributed by atoms with Crippen molar-refractivity contribution < 1.29 is 18.0 Å². The first-order valence-corrected chi connectivity index (χ1v) is 9.19. The molecule has 2 aromatic carbocycles. The minimum atomic E-state index is -0.783. The zero-order valence-corrected chi connectivity index (χ0v) is 15.3. The summed E-state index contributed by atoms with van der Waals surface area (Å²) >= 11 is 1.31. The Hall–Kier alpha value is -2.80. The molecule has 0 aliphatic rings. The van der Waals surface area contributed by atoms with E-state index in [-0.39, 0.29) is 16.9 Å². The van der Waals surface area contributed by atoms with E-state index in [4.69, 9.17) is 0 Å². The quantitative estimate of drug-likeness (QED) is 0.446. The Morgan fingerprint density at radius 3 is 2.37 bits per heavy atom.